The third kappa shape index (κ3) is 4.26. The Morgan fingerprint density at radius 3 is 2.21 bits per heavy atom. The molecule has 0 radical (unpaired) electrons. The minimum absolute atomic E-state index is 0.0123. The first kappa shape index (κ1) is 23.8. The largest absolute Gasteiger partial charge is 0.492 e. The summed E-state index contributed by atoms with van der Waals surface area (Å²) in [6.07, 6.45) is 1.42. The second-order valence-electron chi connectivity index (χ2n) is 7.74. The number of hydrogen-bond acceptors (Lipinski definition) is 8. The van der Waals surface area contributed by atoms with Crippen LogP contribution in [0.4, 0.5) is 0 Å². The Kier molecular flexibility index (Phi) is 6.43. The fraction of sp³-hybridized carbons (Fsp3) is 0.409. The summed E-state index contributed by atoms with van der Waals surface area (Å²) >= 11 is 0. The molecule has 1 saturated heterocycles. The third-order valence-corrected chi connectivity index (χ3v) is 5.30. The van der Waals surface area contributed by atoms with E-state index in [1.165, 1.54) is 50.8 Å². The van der Waals surface area contributed by atoms with E-state index in [1.54, 1.807) is 6.92 Å². The van der Waals surface area contributed by atoms with Crippen LogP contribution in [-0.4, -0.2) is 66.7 Å². The maximum absolute atomic E-state index is 13.0. The molecule has 2 aliphatic heterocycles. The lowest BCUT2D eigenvalue weighted by atomic mass is 9.88. The van der Waals surface area contributed by atoms with Crippen LogP contribution in [0.15, 0.2) is 5.70 Å². The van der Waals surface area contributed by atoms with Crippen molar-refractivity contribution in [2.24, 2.45) is 0 Å². The van der Waals surface area contributed by atoms with Crippen LogP contribution in [0.5, 0.6) is 17.2 Å². The van der Waals surface area contributed by atoms with Crippen LogP contribution in [0.3, 0.4) is 0 Å². The van der Waals surface area contributed by atoms with Crippen molar-refractivity contribution in [1.82, 2.24) is 15.1 Å². The molecule has 11 heteroatoms. The highest BCUT2D eigenvalue weighted by Crippen LogP contribution is 2.51. The van der Waals surface area contributed by atoms with E-state index in [9.17, 15) is 24.0 Å². The Morgan fingerprint density at radius 1 is 1.06 bits per heavy atom. The Hall–Kier alpha value is -3.89. The number of benzene rings is 1. The number of likely N-dealkylation sites (N-methyl/N-ethyl adjacent to an activating group) is 1. The summed E-state index contributed by atoms with van der Waals surface area (Å²) in [5, 5.41) is 2.65. The van der Waals surface area contributed by atoms with Crippen molar-refractivity contribution < 1.29 is 38.2 Å². The third-order valence-electron chi connectivity index (χ3n) is 5.30. The summed E-state index contributed by atoms with van der Waals surface area (Å²) in [5.74, 6) is -2.23. The van der Waals surface area contributed by atoms with Crippen molar-refractivity contribution in [2.75, 3.05) is 27.2 Å². The van der Waals surface area contributed by atoms with Crippen molar-refractivity contribution in [2.45, 2.75) is 33.7 Å². The van der Waals surface area contributed by atoms with Crippen molar-refractivity contribution in [3.63, 3.8) is 0 Å². The normalized spacial score (nSPS) is 17.0. The van der Waals surface area contributed by atoms with Gasteiger partial charge in [-0.1, -0.05) is 0 Å². The molecule has 33 heavy (non-hydrogen) atoms. The molecule has 1 fully saturated rings. The number of nitrogens with one attached hydrogen (secondary N) is 1. The highest BCUT2D eigenvalue weighted by atomic mass is 16.6. The second-order valence-corrected chi connectivity index (χ2v) is 7.74. The summed E-state index contributed by atoms with van der Waals surface area (Å²) in [5.41, 5.74) is 0.947. The van der Waals surface area contributed by atoms with Gasteiger partial charge in [-0.25, -0.2) is 0 Å². The zero-order valence-electron chi connectivity index (χ0n) is 19.2. The molecule has 0 saturated carbocycles. The molecule has 2 aliphatic rings. The molecule has 2 heterocycles. The molecule has 1 unspecified atom stereocenters. The van der Waals surface area contributed by atoms with E-state index in [-0.39, 0.29) is 53.1 Å². The zero-order valence-corrected chi connectivity index (χ0v) is 19.2. The van der Waals surface area contributed by atoms with Crippen LogP contribution in [0.1, 0.15) is 43.5 Å². The van der Waals surface area contributed by atoms with Crippen LogP contribution in [0, 0.1) is 6.92 Å². The number of carbonyl (C=O) groups excluding carboxylic acids is 5. The smallest absolute Gasteiger partial charge is 0.308 e. The van der Waals surface area contributed by atoms with E-state index in [1.807, 2.05) is 0 Å². The van der Waals surface area contributed by atoms with Gasteiger partial charge in [0.25, 0.3) is 5.91 Å². The summed E-state index contributed by atoms with van der Waals surface area (Å²) in [6, 6.07) is -0.938. The van der Waals surface area contributed by atoms with Gasteiger partial charge in [-0.15, -0.1) is 0 Å². The Morgan fingerprint density at radius 2 is 1.67 bits per heavy atom. The first-order valence-electron chi connectivity index (χ1n) is 10.1. The summed E-state index contributed by atoms with van der Waals surface area (Å²) in [4.78, 5) is 64.1. The van der Waals surface area contributed by atoms with Crippen molar-refractivity contribution in [3.8, 4) is 17.2 Å². The topological polar surface area (TPSA) is 132 Å². The van der Waals surface area contributed by atoms with Gasteiger partial charge in [-0.3, -0.25) is 28.9 Å². The molecule has 1 atom stereocenters. The van der Waals surface area contributed by atoms with Crippen LogP contribution in [0.25, 0.3) is 6.08 Å². The molecule has 0 spiro atoms. The van der Waals surface area contributed by atoms with E-state index >= 15 is 0 Å². The Labute approximate surface area is 190 Å². The number of ether oxygens (including phenoxy) is 3. The molecule has 0 aliphatic carbocycles. The van der Waals surface area contributed by atoms with Crippen LogP contribution in [-0.2, 0) is 24.0 Å². The van der Waals surface area contributed by atoms with E-state index in [0.717, 1.165) is 0 Å². The molecule has 0 aromatic heterocycles. The average molecular weight is 459 g/mol. The summed E-state index contributed by atoms with van der Waals surface area (Å²) < 4.78 is 16.4. The zero-order chi connectivity index (χ0) is 24.6. The lowest BCUT2D eigenvalue weighted by Crippen LogP contribution is -2.54. The maximum Gasteiger partial charge on any atom is 0.308 e. The van der Waals surface area contributed by atoms with Crippen molar-refractivity contribution in [1.29, 1.82) is 0 Å². The number of methoxy groups -OCH3 is 1. The van der Waals surface area contributed by atoms with E-state index < -0.39 is 29.8 Å². The number of rotatable bonds is 5. The number of nitrogens with zero attached hydrogens (tertiary/aromatic N) is 2. The fourth-order valence-corrected chi connectivity index (χ4v) is 4.04. The first-order valence-corrected chi connectivity index (χ1v) is 10.1. The van der Waals surface area contributed by atoms with Gasteiger partial charge in [0.15, 0.2) is 11.5 Å². The Balaban J connectivity index is 2.43. The molecule has 11 nitrogen and oxygen atoms in total. The first-order chi connectivity index (χ1) is 15.5. The lowest BCUT2D eigenvalue weighted by Gasteiger charge is -2.43. The van der Waals surface area contributed by atoms with Crippen molar-refractivity contribution >= 4 is 35.7 Å². The van der Waals surface area contributed by atoms with Crippen LogP contribution < -0.4 is 19.5 Å². The van der Waals surface area contributed by atoms with Gasteiger partial charge in [0, 0.05) is 51.1 Å². The average Bonchev–Trinajstić information content (AvgIpc) is 2.71. The summed E-state index contributed by atoms with van der Waals surface area (Å²) in [6.45, 7) is 5.08. The lowest BCUT2D eigenvalue weighted by molar-refractivity contribution is -0.146. The molecule has 3 rings (SSSR count). The molecule has 1 aromatic carbocycles. The predicted octanol–water partition coefficient (Wildman–Crippen LogP) is 0.687. The van der Waals surface area contributed by atoms with Gasteiger partial charge in [-0.2, -0.15) is 0 Å². The number of amides is 3. The van der Waals surface area contributed by atoms with Gasteiger partial charge >= 0.3 is 11.9 Å². The predicted molar refractivity (Wildman–Crippen MR) is 114 cm³/mol. The molecular weight excluding hydrogens is 434 g/mol. The van der Waals surface area contributed by atoms with Gasteiger partial charge in [-0.05, 0) is 13.0 Å². The van der Waals surface area contributed by atoms with E-state index in [2.05, 4.69) is 5.32 Å². The SMILES string of the molecule is COc1c(C)c(OC(C)=O)c2c(c1OC(C)=O)C(CNC(C)=O)N1C(=O)CN(C)C(=O)C1=C2. The van der Waals surface area contributed by atoms with E-state index in [4.69, 9.17) is 14.2 Å². The minimum atomic E-state index is -0.938. The number of esters is 2. The summed E-state index contributed by atoms with van der Waals surface area (Å²) in [7, 11) is 2.85. The molecular formula is C22H25N3O8. The monoisotopic (exact) mass is 459 g/mol. The highest BCUT2D eigenvalue weighted by molar-refractivity contribution is 6.07. The second kappa shape index (κ2) is 8.93. The van der Waals surface area contributed by atoms with Crippen LogP contribution in [0.2, 0.25) is 0 Å². The van der Waals surface area contributed by atoms with Gasteiger partial charge in [0.2, 0.25) is 11.8 Å². The number of fused-ring (bicyclic) bond motifs is 2. The minimum Gasteiger partial charge on any atom is -0.492 e. The number of piperazine rings is 1. The van der Waals surface area contributed by atoms with Gasteiger partial charge in [0.1, 0.15) is 18.0 Å². The quantitative estimate of drug-likeness (QED) is 0.503. The molecule has 1 aromatic rings. The molecule has 1 N–H and O–H groups in total. The standard InChI is InChI=1S/C22H25N3O8/c1-10-19(32-12(3)27)14-7-15-22(30)24(5)9-17(29)25(15)16(8-23-11(2)26)18(14)21(20(10)31-6)33-13(4)28/h7,16H,8-9H2,1-6H3,(H,23,26). The molecule has 3 amide bonds. The van der Waals surface area contributed by atoms with E-state index in [0.29, 0.717) is 5.56 Å². The van der Waals surface area contributed by atoms with Gasteiger partial charge < -0.3 is 24.4 Å². The number of carbonyl (C=O) groups is 5. The number of hydrogen-bond donors (Lipinski definition) is 1. The van der Waals surface area contributed by atoms with Crippen molar-refractivity contribution in [3.05, 3.63) is 22.4 Å². The van der Waals surface area contributed by atoms with Gasteiger partial charge in [0.05, 0.1) is 13.2 Å². The maximum atomic E-state index is 13.0. The van der Waals surface area contributed by atoms with Crippen LogP contribution >= 0.6 is 0 Å². The fourth-order valence-electron chi connectivity index (χ4n) is 4.04. The molecule has 0 bridgehead atoms. The Bertz CT molecular complexity index is 1110. The molecule has 176 valence electrons. The highest BCUT2D eigenvalue weighted by Gasteiger charge is 2.45.